The first-order valence-corrected chi connectivity index (χ1v) is 7.66. The van der Waals surface area contributed by atoms with Crippen LogP contribution in [-0.4, -0.2) is 24.5 Å². The summed E-state index contributed by atoms with van der Waals surface area (Å²) in [4.78, 5) is 2.41. The van der Waals surface area contributed by atoms with Crippen LogP contribution >= 0.6 is 0 Å². The van der Waals surface area contributed by atoms with Crippen LogP contribution in [0.4, 0.5) is 0 Å². The van der Waals surface area contributed by atoms with Gasteiger partial charge in [0.05, 0.1) is 0 Å². The molecule has 0 saturated heterocycles. The average Bonchev–Trinajstić information content (AvgIpc) is 2.39. The Morgan fingerprint density at radius 3 is 2.30 bits per heavy atom. The van der Waals surface area contributed by atoms with Gasteiger partial charge in [-0.2, -0.15) is 0 Å². The highest BCUT2D eigenvalue weighted by atomic mass is 15.1. The Balaban J connectivity index is 2.46. The van der Waals surface area contributed by atoms with Gasteiger partial charge in [-0.05, 0) is 37.1 Å². The molecule has 112 valence electrons. The quantitative estimate of drug-likeness (QED) is 0.688. The summed E-state index contributed by atoms with van der Waals surface area (Å²) in [5.74, 6) is 0.703. The van der Waals surface area contributed by atoms with E-state index in [9.17, 15) is 0 Å². The summed E-state index contributed by atoms with van der Waals surface area (Å²) in [6, 6.07) is 8.95. The van der Waals surface area contributed by atoms with Crippen LogP contribution in [0.25, 0.3) is 0 Å². The maximum absolute atomic E-state index is 4.00. The fraction of sp³-hybridized carbons (Fsp3) is 0.556. The summed E-state index contributed by atoms with van der Waals surface area (Å²) < 4.78 is 0. The van der Waals surface area contributed by atoms with Crippen LogP contribution in [0.1, 0.15) is 38.8 Å². The number of hydrogen-bond acceptors (Lipinski definition) is 2. The molecule has 1 aromatic rings. The summed E-state index contributed by atoms with van der Waals surface area (Å²) >= 11 is 0. The van der Waals surface area contributed by atoms with Gasteiger partial charge in [-0.15, -0.1) is 0 Å². The third kappa shape index (κ3) is 6.88. The summed E-state index contributed by atoms with van der Waals surface area (Å²) in [6.07, 6.45) is 0. The molecular formula is C18H30N2. The van der Waals surface area contributed by atoms with Crippen molar-refractivity contribution >= 4 is 0 Å². The van der Waals surface area contributed by atoms with Gasteiger partial charge < -0.3 is 5.32 Å². The minimum atomic E-state index is 0.703. The van der Waals surface area contributed by atoms with Gasteiger partial charge in [0.25, 0.3) is 0 Å². The van der Waals surface area contributed by atoms with Crippen molar-refractivity contribution in [2.24, 2.45) is 5.92 Å². The molecule has 0 aliphatic carbocycles. The fourth-order valence-electron chi connectivity index (χ4n) is 2.19. The summed E-state index contributed by atoms with van der Waals surface area (Å²) in [6.45, 7) is 17.8. The molecule has 1 N–H and O–H groups in total. The molecule has 0 heterocycles. The topological polar surface area (TPSA) is 15.3 Å². The Kier molecular flexibility index (Phi) is 7.56. The number of hydrogen-bond donors (Lipinski definition) is 1. The maximum Gasteiger partial charge on any atom is 0.0237 e. The van der Waals surface area contributed by atoms with Crippen LogP contribution in [0.15, 0.2) is 36.4 Å². The van der Waals surface area contributed by atoms with Crippen LogP contribution in [0.2, 0.25) is 0 Å². The molecule has 0 unspecified atom stereocenters. The maximum atomic E-state index is 4.00. The van der Waals surface area contributed by atoms with E-state index in [1.807, 2.05) is 0 Å². The molecule has 1 rings (SSSR count). The van der Waals surface area contributed by atoms with E-state index in [0.29, 0.717) is 5.92 Å². The Morgan fingerprint density at radius 2 is 1.80 bits per heavy atom. The van der Waals surface area contributed by atoms with Crippen molar-refractivity contribution in [3.8, 4) is 0 Å². The lowest BCUT2D eigenvalue weighted by molar-refractivity contribution is 0.304. The second kappa shape index (κ2) is 8.93. The number of nitrogens with one attached hydrogen (secondary N) is 1. The Morgan fingerprint density at radius 1 is 1.20 bits per heavy atom. The zero-order valence-corrected chi connectivity index (χ0v) is 13.6. The highest BCUT2D eigenvalue weighted by Gasteiger charge is 2.04. The van der Waals surface area contributed by atoms with E-state index in [-0.39, 0.29) is 0 Å². The molecule has 0 aliphatic heterocycles. The second-order valence-corrected chi connectivity index (χ2v) is 6.10. The first-order chi connectivity index (χ1) is 9.51. The SMILES string of the molecule is C=C(C)CN(CC)Cc1ccc(CNCC(C)C)cc1. The third-order valence-electron chi connectivity index (χ3n) is 3.25. The molecular weight excluding hydrogens is 244 g/mol. The van der Waals surface area contributed by atoms with Crippen molar-refractivity contribution in [1.29, 1.82) is 0 Å². The van der Waals surface area contributed by atoms with Crippen molar-refractivity contribution in [1.82, 2.24) is 10.2 Å². The van der Waals surface area contributed by atoms with Gasteiger partial charge in [-0.3, -0.25) is 4.90 Å². The number of rotatable bonds is 9. The molecule has 0 spiro atoms. The van der Waals surface area contributed by atoms with Crippen molar-refractivity contribution in [2.75, 3.05) is 19.6 Å². The number of benzene rings is 1. The molecule has 2 nitrogen and oxygen atoms in total. The van der Waals surface area contributed by atoms with Crippen LogP contribution in [0, 0.1) is 5.92 Å². The number of nitrogens with zero attached hydrogens (tertiary/aromatic N) is 1. The Bertz CT molecular complexity index is 392. The van der Waals surface area contributed by atoms with Crippen molar-refractivity contribution in [2.45, 2.75) is 40.8 Å². The summed E-state index contributed by atoms with van der Waals surface area (Å²) in [7, 11) is 0. The lowest BCUT2D eigenvalue weighted by atomic mass is 10.1. The molecule has 1 aromatic carbocycles. The standard InChI is InChI=1S/C18H30N2/c1-6-20(13-16(4)5)14-18-9-7-17(8-10-18)12-19-11-15(2)3/h7-10,15,19H,4,6,11-14H2,1-3,5H3. The van der Waals surface area contributed by atoms with Gasteiger partial charge in [0.15, 0.2) is 0 Å². The minimum Gasteiger partial charge on any atom is -0.312 e. The van der Waals surface area contributed by atoms with Crippen LogP contribution in [0.3, 0.4) is 0 Å². The monoisotopic (exact) mass is 274 g/mol. The molecule has 0 atom stereocenters. The zero-order valence-electron chi connectivity index (χ0n) is 13.6. The van der Waals surface area contributed by atoms with Crippen LogP contribution < -0.4 is 5.32 Å². The molecule has 2 heteroatoms. The van der Waals surface area contributed by atoms with Gasteiger partial charge in [-0.25, -0.2) is 0 Å². The molecule has 0 aliphatic rings. The first kappa shape index (κ1) is 16.9. The van der Waals surface area contributed by atoms with Crippen molar-refractivity contribution in [3.63, 3.8) is 0 Å². The van der Waals surface area contributed by atoms with Crippen molar-refractivity contribution < 1.29 is 0 Å². The first-order valence-electron chi connectivity index (χ1n) is 7.66. The summed E-state index contributed by atoms with van der Waals surface area (Å²) in [5, 5.41) is 3.48. The van der Waals surface area contributed by atoms with Gasteiger partial charge in [0, 0.05) is 19.6 Å². The van der Waals surface area contributed by atoms with E-state index >= 15 is 0 Å². The fourth-order valence-corrected chi connectivity index (χ4v) is 2.19. The average molecular weight is 274 g/mol. The predicted molar refractivity (Wildman–Crippen MR) is 88.8 cm³/mol. The molecule has 0 radical (unpaired) electrons. The summed E-state index contributed by atoms with van der Waals surface area (Å²) in [5.41, 5.74) is 3.96. The molecule has 0 fully saturated rings. The van der Waals surface area contributed by atoms with E-state index in [4.69, 9.17) is 0 Å². The normalized spacial score (nSPS) is 11.3. The lowest BCUT2D eigenvalue weighted by Gasteiger charge is -2.20. The molecule has 0 amide bonds. The van der Waals surface area contributed by atoms with E-state index in [1.54, 1.807) is 0 Å². The van der Waals surface area contributed by atoms with Gasteiger partial charge in [0.1, 0.15) is 0 Å². The molecule has 0 bridgehead atoms. The van der Waals surface area contributed by atoms with E-state index in [0.717, 1.165) is 32.7 Å². The van der Waals surface area contributed by atoms with Crippen LogP contribution in [-0.2, 0) is 13.1 Å². The Labute approximate surface area is 124 Å². The van der Waals surface area contributed by atoms with Gasteiger partial charge >= 0.3 is 0 Å². The van der Waals surface area contributed by atoms with Crippen molar-refractivity contribution in [3.05, 3.63) is 47.5 Å². The zero-order chi connectivity index (χ0) is 15.0. The van der Waals surface area contributed by atoms with E-state index < -0.39 is 0 Å². The van der Waals surface area contributed by atoms with E-state index in [2.05, 4.69) is 68.8 Å². The second-order valence-electron chi connectivity index (χ2n) is 6.10. The largest absolute Gasteiger partial charge is 0.312 e. The van der Waals surface area contributed by atoms with Gasteiger partial charge in [-0.1, -0.05) is 57.2 Å². The number of likely N-dealkylation sites (N-methyl/N-ethyl adjacent to an activating group) is 1. The van der Waals surface area contributed by atoms with E-state index in [1.165, 1.54) is 16.7 Å². The predicted octanol–water partition coefficient (Wildman–Crippen LogP) is 3.83. The Hall–Kier alpha value is -1.12. The smallest absolute Gasteiger partial charge is 0.0237 e. The third-order valence-corrected chi connectivity index (χ3v) is 3.25. The van der Waals surface area contributed by atoms with Crippen LogP contribution in [0.5, 0.6) is 0 Å². The molecule has 0 aromatic heterocycles. The molecule has 20 heavy (non-hydrogen) atoms. The highest BCUT2D eigenvalue weighted by Crippen LogP contribution is 2.09. The minimum absolute atomic E-state index is 0.703. The highest BCUT2D eigenvalue weighted by molar-refractivity contribution is 5.22. The molecule has 0 saturated carbocycles. The van der Waals surface area contributed by atoms with Gasteiger partial charge in [0.2, 0.25) is 0 Å². The lowest BCUT2D eigenvalue weighted by Crippen LogP contribution is -2.24.